The second-order valence-corrected chi connectivity index (χ2v) is 4.75. The van der Waals surface area contributed by atoms with Gasteiger partial charge >= 0.3 is 0 Å². The number of fused-ring (bicyclic) bond motifs is 1. The molecule has 0 aliphatic heterocycles. The third-order valence-corrected chi connectivity index (χ3v) is 3.53. The van der Waals surface area contributed by atoms with E-state index in [4.69, 9.17) is 5.26 Å². The number of carbonyl (C=O) groups excluding carboxylic acids is 1. The minimum absolute atomic E-state index is 0.110. The van der Waals surface area contributed by atoms with Crippen LogP contribution in [0.5, 0.6) is 0 Å². The van der Waals surface area contributed by atoms with Gasteiger partial charge in [-0.25, -0.2) is 4.39 Å². The van der Waals surface area contributed by atoms with Gasteiger partial charge in [0.05, 0.1) is 23.2 Å². The van der Waals surface area contributed by atoms with E-state index in [0.717, 1.165) is 17.2 Å². The first-order valence-corrected chi connectivity index (χ1v) is 6.27. The molecule has 1 aliphatic rings. The molecule has 1 N–H and O–H groups in total. The molecule has 0 aromatic heterocycles. The zero-order valence-corrected chi connectivity index (χ0v) is 10.6. The van der Waals surface area contributed by atoms with E-state index in [2.05, 4.69) is 5.32 Å². The first kappa shape index (κ1) is 12.4. The molecule has 1 unspecified atom stereocenters. The van der Waals surface area contributed by atoms with E-state index in [9.17, 15) is 9.18 Å². The first-order valence-electron chi connectivity index (χ1n) is 6.27. The molecule has 0 bridgehead atoms. The summed E-state index contributed by atoms with van der Waals surface area (Å²) < 4.78 is 13.7. The van der Waals surface area contributed by atoms with Crippen LogP contribution in [-0.2, 0) is 11.2 Å². The van der Waals surface area contributed by atoms with E-state index in [1.165, 1.54) is 12.1 Å². The molecule has 3 nitrogen and oxygen atoms in total. The lowest BCUT2D eigenvalue weighted by Crippen LogP contribution is -2.30. The van der Waals surface area contributed by atoms with Gasteiger partial charge in [-0.15, -0.1) is 0 Å². The molecule has 3 rings (SSSR count). The van der Waals surface area contributed by atoms with Crippen molar-refractivity contribution in [1.29, 1.82) is 5.26 Å². The van der Waals surface area contributed by atoms with Crippen LogP contribution in [0, 0.1) is 17.1 Å². The Morgan fingerprint density at radius 2 is 2.10 bits per heavy atom. The molecule has 1 atom stereocenters. The summed E-state index contributed by atoms with van der Waals surface area (Å²) in [5.74, 6) is -1.03. The highest BCUT2D eigenvalue weighted by Crippen LogP contribution is 2.35. The maximum atomic E-state index is 13.7. The Labute approximate surface area is 115 Å². The van der Waals surface area contributed by atoms with Crippen LogP contribution in [0.4, 0.5) is 10.1 Å². The molecule has 4 heteroatoms. The van der Waals surface area contributed by atoms with Crippen molar-refractivity contribution >= 4 is 11.6 Å². The van der Waals surface area contributed by atoms with Gasteiger partial charge in [-0.2, -0.15) is 5.26 Å². The average molecular weight is 266 g/mol. The largest absolute Gasteiger partial charge is 0.323 e. The molecular weight excluding hydrogens is 255 g/mol. The first-order chi connectivity index (χ1) is 9.69. The fourth-order valence-electron chi connectivity index (χ4n) is 2.40. The number of benzene rings is 2. The molecule has 1 aliphatic carbocycles. The van der Waals surface area contributed by atoms with Crippen LogP contribution >= 0.6 is 0 Å². The summed E-state index contributed by atoms with van der Waals surface area (Å²) in [5.41, 5.74) is 2.50. The molecule has 1 amide bonds. The quantitative estimate of drug-likeness (QED) is 0.908. The minimum Gasteiger partial charge on any atom is -0.323 e. The van der Waals surface area contributed by atoms with E-state index in [0.29, 0.717) is 6.42 Å². The highest BCUT2D eigenvalue weighted by atomic mass is 19.1. The van der Waals surface area contributed by atoms with Crippen LogP contribution in [0.3, 0.4) is 0 Å². The van der Waals surface area contributed by atoms with Gasteiger partial charge in [0.25, 0.3) is 0 Å². The summed E-state index contributed by atoms with van der Waals surface area (Å²) in [6.45, 7) is 0. The van der Waals surface area contributed by atoms with Crippen molar-refractivity contribution in [3.8, 4) is 6.07 Å². The van der Waals surface area contributed by atoms with Crippen LogP contribution in [-0.4, -0.2) is 5.91 Å². The van der Waals surface area contributed by atoms with Crippen molar-refractivity contribution in [2.75, 3.05) is 5.32 Å². The highest BCUT2D eigenvalue weighted by molar-refractivity contribution is 5.97. The SMILES string of the molecule is N#Cc1ccc(NC(=O)C2Cc3ccccc32)c(F)c1. The number of hydrogen-bond acceptors (Lipinski definition) is 2. The van der Waals surface area contributed by atoms with Crippen LogP contribution in [0.15, 0.2) is 42.5 Å². The van der Waals surface area contributed by atoms with Gasteiger partial charge in [0.2, 0.25) is 5.91 Å². The second kappa shape index (κ2) is 4.78. The van der Waals surface area contributed by atoms with Crippen molar-refractivity contribution in [3.63, 3.8) is 0 Å². The molecule has 0 saturated heterocycles. The number of hydrogen-bond donors (Lipinski definition) is 1. The van der Waals surface area contributed by atoms with Gasteiger partial charge in [-0.1, -0.05) is 24.3 Å². The van der Waals surface area contributed by atoms with Crippen LogP contribution < -0.4 is 5.32 Å². The Bertz CT molecular complexity index is 733. The van der Waals surface area contributed by atoms with Gasteiger partial charge in [-0.05, 0) is 35.7 Å². The summed E-state index contributed by atoms with van der Waals surface area (Å²) >= 11 is 0. The number of nitriles is 1. The zero-order chi connectivity index (χ0) is 14.1. The van der Waals surface area contributed by atoms with Crippen molar-refractivity contribution < 1.29 is 9.18 Å². The smallest absolute Gasteiger partial charge is 0.232 e. The summed E-state index contributed by atoms with van der Waals surface area (Å²) in [5, 5.41) is 11.3. The Balaban J connectivity index is 1.77. The van der Waals surface area contributed by atoms with Crippen LogP contribution in [0.2, 0.25) is 0 Å². The van der Waals surface area contributed by atoms with E-state index in [1.807, 2.05) is 30.3 Å². The third-order valence-electron chi connectivity index (χ3n) is 3.53. The van der Waals surface area contributed by atoms with Crippen molar-refractivity contribution in [3.05, 3.63) is 65.0 Å². The maximum absolute atomic E-state index is 13.7. The number of anilines is 1. The average Bonchev–Trinajstić information content (AvgIpc) is 2.42. The Kier molecular flexibility index (Phi) is 2.96. The third kappa shape index (κ3) is 2.04. The molecular formula is C16H11FN2O. The lowest BCUT2D eigenvalue weighted by atomic mass is 9.77. The molecule has 0 spiro atoms. The van der Waals surface area contributed by atoms with Crippen molar-refractivity contribution in [1.82, 2.24) is 0 Å². The number of halogens is 1. The van der Waals surface area contributed by atoms with Gasteiger partial charge in [-0.3, -0.25) is 4.79 Å². The zero-order valence-electron chi connectivity index (χ0n) is 10.6. The molecule has 0 heterocycles. The predicted octanol–water partition coefficient (Wildman–Crippen LogP) is 2.98. The second-order valence-electron chi connectivity index (χ2n) is 4.75. The number of rotatable bonds is 2. The normalized spacial score (nSPS) is 15.7. The van der Waals surface area contributed by atoms with Crippen LogP contribution in [0.25, 0.3) is 0 Å². The van der Waals surface area contributed by atoms with E-state index in [1.54, 1.807) is 0 Å². The number of nitrogens with one attached hydrogen (secondary N) is 1. The van der Waals surface area contributed by atoms with E-state index in [-0.39, 0.29) is 23.1 Å². The topological polar surface area (TPSA) is 52.9 Å². The predicted molar refractivity (Wildman–Crippen MR) is 72.6 cm³/mol. The minimum atomic E-state index is -0.593. The monoisotopic (exact) mass is 266 g/mol. The Morgan fingerprint density at radius 3 is 2.80 bits per heavy atom. The van der Waals surface area contributed by atoms with Gasteiger partial charge in [0.15, 0.2) is 0 Å². The molecule has 2 aromatic rings. The fraction of sp³-hybridized carbons (Fsp3) is 0.125. The molecule has 2 aromatic carbocycles. The standard InChI is InChI=1S/C16H11FN2O/c17-14-7-10(9-18)5-6-15(14)19-16(20)13-8-11-3-1-2-4-12(11)13/h1-7,13H,8H2,(H,19,20). The summed E-state index contributed by atoms with van der Waals surface area (Å²) in [7, 11) is 0. The van der Waals surface area contributed by atoms with Gasteiger partial charge in [0.1, 0.15) is 5.82 Å². The summed E-state index contributed by atoms with van der Waals surface area (Å²) in [6.07, 6.45) is 0.680. The van der Waals surface area contributed by atoms with E-state index < -0.39 is 5.82 Å². The number of carbonyl (C=O) groups is 1. The number of nitrogens with zero attached hydrogens (tertiary/aromatic N) is 1. The van der Waals surface area contributed by atoms with Crippen LogP contribution in [0.1, 0.15) is 22.6 Å². The van der Waals surface area contributed by atoms with E-state index >= 15 is 0 Å². The molecule has 98 valence electrons. The molecule has 0 saturated carbocycles. The number of amides is 1. The van der Waals surface area contributed by atoms with Crippen molar-refractivity contribution in [2.24, 2.45) is 0 Å². The Morgan fingerprint density at radius 1 is 1.30 bits per heavy atom. The summed E-state index contributed by atoms with van der Waals surface area (Å²) in [4.78, 5) is 12.1. The fourth-order valence-corrected chi connectivity index (χ4v) is 2.40. The van der Waals surface area contributed by atoms with Gasteiger partial charge < -0.3 is 5.32 Å². The molecule has 20 heavy (non-hydrogen) atoms. The molecule has 0 radical (unpaired) electrons. The maximum Gasteiger partial charge on any atom is 0.232 e. The lowest BCUT2D eigenvalue weighted by Gasteiger charge is -2.28. The van der Waals surface area contributed by atoms with Crippen molar-refractivity contribution in [2.45, 2.75) is 12.3 Å². The molecule has 0 fully saturated rings. The highest BCUT2D eigenvalue weighted by Gasteiger charge is 2.31. The Hall–Kier alpha value is -2.67. The van der Waals surface area contributed by atoms with Gasteiger partial charge in [0, 0.05) is 0 Å². The summed E-state index contributed by atoms with van der Waals surface area (Å²) in [6, 6.07) is 13.6. The lowest BCUT2D eigenvalue weighted by molar-refractivity contribution is -0.118.